The number of amides is 1. The minimum absolute atomic E-state index is 0.0841. The third-order valence-electron chi connectivity index (χ3n) is 3.66. The van der Waals surface area contributed by atoms with Crippen molar-refractivity contribution < 1.29 is 14.3 Å². The lowest BCUT2D eigenvalue weighted by Gasteiger charge is -2.09. The largest absolute Gasteiger partial charge is 0.466 e. The molecule has 1 aromatic carbocycles. The summed E-state index contributed by atoms with van der Waals surface area (Å²) in [6.45, 7) is 2.10. The number of hydrogen-bond acceptors (Lipinski definition) is 4. The summed E-state index contributed by atoms with van der Waals surface area (Å²) < 4.78 is 6.57. The molecule has 0 unspecified atom stereocenters. The molecule has 1 atom stereocenters. The lowest BCUT2D eigenvalue weighted by atomic mass is 10.2. The summed E-state index contributed by atoms with van der Waals surface area (Å²) in [4.78, 5) is 12.7. The van der Waals surface area contributed by atoms with Crippen LogP contribution in [0.25, 0.3) is 10.1 Å². The van der Waals surface area contributed by atoms with Crippen molar-refractivity contribution in [2.45, 2.75) is 25.9 Å². The maximum absolute atomic E-state index is 11.9. The fourth-order valence-corrected chi connectivity index (χ4v) is 3.47. The third-order valence-corrected chi connectivity index (χ3v) is 4.88. The summed E-state index contributed by atoms with van der Waals surface area (Å²) in [6, 6.07) is 13.7. The first-order valence-electron chi connectivity index (χ1n) is 7.60. The van der Waals surface area contributed by atoms with Gasteiger partial charge >= 0.3 is 0 Å². The van der Waals surface area contributed by atoms with Crippen LogP contribution in [0.3, 0.4) is 0 Å². The molecule has 3 rings (SSSR count). The van der Waals surface area contributed by atoms with Gasteiger partial charge in [0.2, 0.25) is 5.91 Å². The minimum Gasteiger partial charge on any atom is -0.466 e. The summed E-state index contributed by atoms with van der Waals surface area (Å²) in [5.41, 5.74) is 0. The number of aliphatic hydroxyl groups is 1. The van der Waals surface area contributed by atoms with Crippen LogP contribution in [-0.2, 0) is 11.2 Å². The normalized spacial score (nSPS) is 12.4. The number of aryl methyl sites for hydroxylation is 2. The molecule has 2 aromatic heterocycles. The number of thiophene rings is 1. The van der Waals surface area contributed by atoms with Gasteiger partial charge in [0.15, 0.2) is 0 Å². The summed E-state index contributed by atoms with van der Waals surface area (Å²) >= 11 is 1.55. The zero-order chi connectivity index (χ0) is 16.2. The highest BCUT2D eigenvalue weighted by atomic mass is 32.1. The van der Waals surface area contributed by atoms with Crippen molar-refractivity contribution in [1.82, 2.24) is 5.32 Å². The Hall–Kier alpha value is -2.11. The van der Waals surface area contributed by atoms with Crippen molar-refractivity contribution >= 4 is 27.3 Å². The molecule has 0 bridgehead atoms. The molecule has 0 radical (unpaired) electrons. The molecule has 3 aromatic rings. The molecule has 23 heavy (non-hydrogen) atoms. The SMILES string of the molecule is Cc1ccc(CCC(=O)NC[C@H](O)c2cc3ccccc3s2)o1. The van der Waals surface area contributed by atoms with Gasteiger partial charge in [0.05, 0.1) is 0 Å². The second-order valence-corrected chi connectivity index (χ2v) is 6.63. The first-order valence-corrected chi connectivity index (χ1v) is 8.42. The van der Waals surface area contributed by atoms with E-state index in [9.17, 15) is 9.90 Å². The van der Waals surface area contributed by atoms with Crippen LogP contribution in [0.5, 0.6) is 0 Å². The van der Waals surface area contributed by atoms with Crippen LogP contribution in [0.1, 0.15) is 28.9 Å². The predicted octanol–water partition coefficient (Wildman–Crippen LogP) is 3.59. The van der Waals surface area contributed by atoms with Gasteiger partial charge in [0.1, 0.15) is 17.6 Å². The van der Waals surface area contributed by atoms with E-state index in [0.29, 0.717) is 12.8 Å². The number of fused-ring (bicyclic) bond motifs is 1. The number of nitrogens with one attached hydrogen (secondary N) is 1. The Kier molecular flexibility index (Phi) is 4.79. The van der Waals surface area contributed by atoms with E-state index in [-0.39, 0.29) is 12.5 Å². The van der Waals surface area contributed by atoms with Crippen molar-refractivity contribution in [1.29, 1.82) is 0 Å². The van der Waals surface area contributed by atoms with Crippen LogP contribution < -0.4 is 5.32 Å². The van der Waals surface area contributed by atoms with Gasteiger partial charge in [-0.05, 0) is 36.6 Å². The number of carbonyl (C=O) groups excluding carboxylic acids is 1. The second-order valence-electron chi connectivity index (χ2n) is 5.52. The molecule has 0 saturated heterocycles. The van der Waals surface area contributed by atoms with Crippen LogP contribution in [0.15, 0.2) is 46.9 Å². The number of rotatable bonds is 6. The van der Waals surface area contributed by atoms with Crippen LogP contribution in [-0.4, -0.2) is 17.6 Å². The summed E-state index contributed by atoms with van der Waals surface area (Å²) in [5.74, 6) is 1.57. The highest BCUT2D eigenvalue weighted by Crippen LogP contribution is 2.29. The van der Waals surface area contributed by atoms with Crippen LogP contribution >= 0.6 is 11.3 Å². The molecular formula is C18H19NO3S. The second kappa shape index (κ2) is 6.98. The van der Waals surface area contributed by atoms with Crippen molar-refractivity contribution in [2.75, 3.05) is 6.54 Å². The highest BCUT2D eigenvalue weighted by Gasteiger charge is 2.13. The van der Waals surface area contributed by atoms with E-state index in [1.165, 1.54) is 0 Å². The Morgan fingerprint density at radius 1 is 1.30 bits per heavy atom. The van der Waals surface area contributed by atoms with Crippen molar-refractivity contribution in [2.24, 2.45) is 0 Å². The standard InChI is InChI=1S/C18H19NO3S/c1-12-6-7-14(22-12)8-9-18(21)19-11-15(20)17-10-13-4-2-3-5-16(13)23-17/h2-7,10,15,20H,8-9,11H2,1H3,(H,19,21)/t15-/m0/s1. The highest BCUT2D eigenvalue weighted by molar-refractivity contribution is 7.19. The van der Waals surface area contributed by atoms with Crippen LogP contribution in [0, 0.1) is 6.92 Å². The monoisotopic (exact) mass is 329 g/mol. The van der Waals surface area contributed by atoms with Gasteiger partial charge in [-0.15, -0.1) is 11.3 Å². The number of aliphatic hydroxyl groups excluding tert-OH is 1. The lowest BCUT2D eigenvalue weighted by molar-refractivity contribution is -0.121. The average molecular weight is 329 g/mol. The minimum atomic E-state index is -0.679. The van der Waals surface area contributed by atoms with Crippen LogP contribution in [0.4, 0.5) is 0 Å². The molecule has 0 saturated carbocycles. The third kappa shape index (κ3) is 4.00. The number of furan rings is 1. The zero-order valence-corrected chi connectivity index (χ0v) is 13.7. The Balaban J connectivity index is 1.49. The molecule has 1 amide bonds. The van der Waals surface area contributed by atoms with Crippen molar-refractivity contribution in [3.05, 3.63) is 58.9 Å². The van der Waals surface area contributed by atoms with Gasteiger partial charge in [-0.25, -0.2) is 0 Å². The van der Waals surface area contributed by atoms with Gasteiger partial charge in [-0.3, -0.25) is 4.79 Å². The molecule has 0 aliphatic carbocycles. The molecule has 0 spiro atoms. The fraction of sp³-hybridized carbons (Fsp3) is 0.278. The zero-order valence-electron chi connectivity index (χ0n) is 12.9. The van der Waals surface area contributed by atoms with E-state index in [2.05, 4.69) is 5.32 Å². The molecular weight excluding hydrogens is 310 g/mol. The van der Waals surface area contributed by atoms with E-state index in [1.54, 1.807) is 11.3 Å². The quantitative estimate of drug-likeness (QED) is 0.726. The average Bonchev–Trinajstić information content (AvgIpc) is 3.16. The molecule has 0 aliphatic rings. The first-order chi connectivity index (χ1) is 11.1. The van der Waals surface area contributed by atoms with Gasteiger partial charge < -0.3 is 14.8 Å². The topological polar surface area (TPSA) is 62.5 Å². The summed E-state index contributed by atoms with van der Waals surface area (Å²) in [7, 11) is 0. The Bertz CT molecular complexity index is 772. The lowest BCUT2D eigenvalue weighted by Crippen LogP contribution is -2.28. The first kappa shape index (κ1) is 15.8. The van der Waals surface area contributed by atoms with E-state index in [4.69, 9.17) is 4.42 Å². The predicted molar refractivity (Wildman–Crippen MR) is 91.6 cm³/mol. The molecule has 0 fully saturated rings. The van der Waals surface area contributed by atoms with E-state index >= 15 is 0 Å². The van der Waals surface area contributed by atoms with Gasteiger partial charge in [-0.1, -0.05) is 18.2 Å². The van der Waals surface area contributed by atoms with E-state index < -0.39 is 6.10 Å². The van der Waals surface area contributed by atoms with E-state index in [0.717, 1.165) is 26.5 Å². The molecule has 120 valence electrons. The Morgan fingerprint density at radius 2 is 2.13 bits per heavy atom. The molecule has 0 aliphatic heterocycles. The van der Waals surface area contributed by atoms with Gasteiger partial charge in [0, 0.05) is 29.0 Å². The molecule has 5 heteroatoms. The summed E-state index contributed by atoms with van der Waals surface area (Å²) in [5, 5.41) is 14.1. The van der Waals surface area contributed by atoms with Crippen molar-refractivity contribution in [3.63, 3.8) is 0 Å². The Morgan fingerprint density at radius 3 is 2.87 bits per heavy atom. The van der Waals surface area contributed by atoms with Gasteiger partial charge in [0.25, 0.3) is 0 Å². The maximum atomic E-state index is 11.9. The maximum Gasteiger partial charge on any atom is 0.220 e. The Labute approximate surface area is 138 Å². The fourth-order valence-electron chi connectivity index (χ4n) is 2.42. The van der Waals surface area contributed by atoms with Crippen molar-refractivity contribution in [3.8, 4) is 0 Å². The number of hydrogen-bond donors (Lipinski definition) is 2. The van der Waals surface area contributed by atoms with Gasteiger partial charge in [-0.2, -0.15) is 0 Å². The van der Waals surface area contributed by atoms with E-state index in [1.807, 2.05) is 49.4 Å². The molecule has 2 N–H and O–H groups in total. The summed E-state index contributed by atoms with van der Waals surface area (Å²) in [6.07, 6.45) is 0.243. The number of carbonyl (C=O) groups is 1. The molecule has 4 nitrogen and oxygen atoms in total. The molecule has 2 heterocycles. The smallest absolute Gasteiger partial charge is 0.220 e. The number of benzene rings is 1. The van der Waals surface area contributed by atoms with Crippen LogP contribution in [0.2, 0.25) is 0 Å².